The second kappa shape index (κ2) is 13.6. The summed E-state index contributed by atoms with van der Waals surface area (Å²) >= 11 is 0. The molecule has 4 aromatic rings. The summed E-state index contributed by atoms with van der Waals surface area (Å²) in [5.41, 5.74) is 7.13. The summed E-state index contributed by atoms with van der Waals surface area (Å²) in [5, 5.41) is 3.40. The molecular formula is C39H43N3O5S. The van der Waals surface area contributed by atoms with Gasteiger partial charge in [-0.1, -0.05) is 75.7 Å². The first-order valence-corrected chi connectivity index (χ1v) is 18.2. The van der Waals surface area contributed by atoms with E-state index in [9.17, 15) is 18.0 Å². The minimum absolute atomic E-state index is 0.0618. The first-order valence-electron chi connectivity index (χ1n) is 16.7. The van der Waals surface area contributed by atoms with Crippen LogP contribution in [0.4, 0.5) is 5.69 Å². The molecule has 6 rings (SSSR count). The molecule has 250 valence electrons. The van der Waals surface area contributed by atoms with Gasteiger partial charge in [0.15, 0.2) is 6.61 Å². The number of esters is 1. The number of hydrogen-bond acceptors (Lipinski definition) is 6. The quantitative estimate of drug-likeness (QED) is 0.203. The number of para-hydroxylation sites is 1. The third-order valence-corrected chi connectivity index (χ3v) is 11.3. The molecule has 1 amide bonds. The van der Waals surface area contributed by atoms with E-state index in [1.165, 1.54) is 15.9 Å². The van der Waals surface area contributed by atoms with Crippen LogP contribution in [-0.2, 0) is 31.4 Å². The molecule has 8 nitrogen and oxygen atoms in total. The Morgan fingerprint density at radius 1 is 0.938 bits per heavy atom. The van der Waals surface area contributed by atoms with Gasteiger partial charge in [0.1, 0.15) is 0 Å². The number of hydrogen-bond donors (Lipinski definition) is 1. The number of anilines is 1. The lowest BCUT2D eigenvalue weighted by Crippen LogP contribution is -2.36. The molecule has 1 aromatic heterocycles. The molecule has 2 aliphatic rings. The zero-order chi connectivity index (χ0) is 34.1. The van der Waals surface area contributed by atoms with Crippen LogP contribution in [0, 0.1) is 6.92 Å². The van der Waals surface area contributed by atoms with Crippen molar-refractivity contribution in [3.8, 4) is 0 Å². The lowest BCUT2D eigenvalue weighted by Gasteiger charge is -2.26. The van der Waals surface area contributed by atoms with E-state index in [1.54, 1.807) is 19.1 Å². The summed E-state index contributed by atoms with van der Waals surface area (Å²) in [6.45, 7) is 8.79. The van der Waals surface area contributed by atoms with Crippen LogP contribution < -0.4 is 5.32 Å². The predicted molar refractivity (Wildman–Crippen MR) is 190 cm³/mol. The number of pyridine rings is 1. The number of aromatic nitrogens is 1. The summed E-state index contributed by atoms with van der Waals surface area (Å²) in [6, 6.07) is 20.9. The van der Waals surface area contributed by atoms with Gasteiger partial charge in [-0.05, 0) is 96.5 Å². The van der Waals surface area contributed by atoms with Crippen LogP contribution >= 0.6 is 0 Å². The standard InChI is InChI=1S/C39H43N3O5S/c1-26-15-20-30(24-34(26)48(45,46)42-21-8-5-9-22-42)40-35(43)25-47-38(44)36-31-12-6-7-14-33(31)41-37-28(11-10-13-32(36)37)23-27-16-18-29(19-17-27)39(2,3)4/h6-7,12,14-20,23-24H,5,8-11,13,21-22,25H2,1-4H3,(H,40,43). The van der Waals surface area contributed by atoms with Crippen molar-refractivity contribution in [2.24, 2.45) is 0 Å². The van der Waals surface area contributed by atoms with Crippen molar-refractivity contribution in [2.75, 3.05) is 25.0 Å². The molecule has 1 aliphatic heterocycles. The predicted octanol–water partition coefficient (Wildman–Crippen LogP) is 7.69. The number of rotatable bonds is 7. The molecule has 48 heavy (non-hydrogen) atoms. The van der Waals surface area contributed by atoms with Gasteiger partial charge in [-0.25, -0.2) is 18.2 Å². The van der Waals surface area contributed by atoms with Gasteiger partial charge >= 0.3 is 5.97 Å². The summed E-state index contributed by atoms with van der Waals surface area (Å²) < 4.78 is 33.8. The molecule has 1 aliphatic carbocycles. The maximum atomic E-state index is 13.8. The number of nitrogens with one attached hydrogen (secondary N) is 1. The Labute approximate surface area is 283 Å². The maximum Gasteiger partial charge on any atom is 0.339 e. The summed E-state index contributed by atoms with van der Waals surface area (Å²) in [7, 11) is -3.69. The fraction of sp³-hybridized carbons (Fsp3) is 0.359. The lowest BCUT2D eigenvalue weighted by atomic mass is 9.85. The summed E-state index contributed by atoms with van der Waals surface area (Å²) in [4.78, 5) is 31.9. The number of aryl methyl sites for hydroxylation is 1. The molecule has 3 aromatic carbocycles. The Morgan fingerprint density at radius 2 is 1.67 bits per heavy atom. The van der Waals surface area contributed by atoms with Gasteiger partial charge in [0, 0.05) is 24.2 Å². The van der Waals surface area contributed by atoms with Gasteiger partial charge in [-0.3, -0.25) is 4.79 Å². The number of benzene rings is 3. The highest BCUT2D eigenvalue weighted by atomic mass is 32.2. The number of allylic oxidation sites excluding steroid dienone is 1. The number of fused-ring (bicyclic) bond motifs is 2. The lowest BCUT2D eigenvalue weighted by molar-refractivity contribution is -0.119. The molecule has 0 saturated carbocycles. The first-order chi connectivity index (χ1) is 22.9. The van der Waals surface area contributed by atoms with E-state index in [4.69, 9.17) is 9.72 Å². The number of sulfonamides is 1. The fourth-order valence-electron chi connectivity index (χ4n) is 6.59. The Balaban J connectivity index is 1.23. The minimum Gasteiger partial charge on any atom is -0.452 e. The molecule has 0 bridgehead atoms. The molecule has 0 spiro atoms. The summed E-state index contributed by atoms with van der Waals surface area (Å²) in [5.74, 6) is -1.15. The first kappa shape index (κ1) is 33.6. The van der Waals surface area contributed by atoms with Crippen molar-refractivity contribution in [1.82, 2.24) is 9.29 Å². The Morgan fingerprint density at radius 3 is 2.40 bits per heavy atom. The van der Waals surface area contributed by atoms with Crippen molar-refractivity contribution >= 4 is 50.1 Å². The van der Waals surface area contributed by atoms with Gasteiger partial charge < -0.3 is 10.1 Å². The number of carbonyl (C=O) groups excluding carboxylic acids is 2. The van der Waals surface area contributed by atoms with E-state index in [2.05, 4.69) is 56.4 Å². The van der Waals surface area contributed by atoms with Gasteiger partial charge in [0.25, 0.3) is 5.91 Å². The second-order valence-electron chi connectivity index (χ2n) is 13.8. The largest absolute Gasteiger partial charge is 0.452 e. The molecule has 9 heteroatoms. The number of amides is 1. The average molecular weight is 666 g/mol. The van der Waals surface area contributed by atoms with E-state index < -0.39 is 28.5 Å². The number of piperidine rings is 1. The molecule has 1 saturated heterocycles. The Kier molecular flexibility index (Phi) is 9.54. The number of nitrogens with zero attached hydrogens (tertiary/aromatic N) is 2. The zero-order valence-electron chi connectivity index (χ0n) is 28.1. The van der Waals surface area contributed by atoms with Gasteiger partial charge in [0.2, 0.25) is 10.0 Å². The molecular weight excluding hydrogens is 623 g/mol. The maximum absolute atomic E-state index is 13.8. The van der Waals surface area contributed by atoms with E-state index in [-0.39, 0.29) is 10.3 Å². The molecule has 0 radical (unpaired) electrons. The summed E-state index contributed by atoms with van der Waals surface area (Å²) in [6.07, 6.45) is 7.19. The van der Waals surface area contributed by atoms with Crippen LogP contribution in [0.5, 0.6) is 0 Å². The zero-order valence-corrected chi connectivity index (χ0v) is 29.0. The van der Waals surface area contributed by atoms with Crippen LogP contribution in [0.25, 0.3) is 22.6 Å². The van der Waals surface area contributed by atoms with Crippen LogP contribution in [0.1, 0.15) is 91.2 Å². The third-order valence-electron chi connectivity index (χ3n) is 9.23. The molecule has 2 heterocycles. The molecule has 0 unspecified atom stereocenters. The topological polar surface area (TPSA) is 106 Å². The van der Waals surface area contributed by atoms with Crippen molar-refractivity contribution < 1.29 is 22.7 Å². The third kappa shape index (κ3) is 7.08. The second-order valence-corrected chi connectivity index (χ2v) is 15.7. The fourth-order valence-corrected chi connectivity index (χ4v) is 8.36. The van der Waals surface area contributed by atoms with Crippen molar-refractivity contribution in [3.63, 3.8) is 0 Å². The average Bonchev–Trinajstić information content (AvgIpc) is 3.07. The SMILES string of the molecule is Cc1ccc(NC(=O)COC(=O)c2c3c(nc4ccccc24)C(=Cc2ccc(C(C)(C)C)cc2)CCC3)cc1S(=O)(=O)N1CCCCC1. The molecule has 0 atom stereocenters. The van der Waals surface area contributed by atoms with Crippen LogP contribution in [-0.4, -0.2) is 49.3 Å². The number of carbonyl (C=O) groups is 2. The van der Waals surface area contributed by atoms with Crippen molar-refractivity contribution in [2.45, 2.75) is 76.5 Å². The molecule has 1 fully saturated rings. The van der Waals surface area contributed by atoms with Gasteiger partial charge in [-0.2, -0.15) is 4.31 Å². The highest BCUT2D eigenvalue weighted by Crippen LogP contribution is 2.37. The highest BCUT2D eigenvalue weighted by molar-refractivity contribution is 7.89. The Hall–Kier alpha value is -4.34. The van der Waals surface area contributed by atoms with E-state index in [0.29, 0.717) is 47.2 Å². The highest BCUT2D eigenvalue weighted by Gasteiger charge is 2.29. The Bertz CT molecular complexity index is 2000. The van der Waals surface area contributed by atoms with E-state index >= 15 is 0 Å². The van der Waals surface area contributed by atoms with Gasteiger partial charge in [0.05, 0.1) is 21.7 Å². The van der Waals surface area contributed by atoms with Crippen molar-refractivity contribution in [1.29, 1.82) is 0 Å². The smallest absolute Gasteiger partial charge is 0.339 e. The molecule has 1 N–H and O–H groups in total. The van der Waals surface area contributed by atoms with E-state index in [1.807, 2.05) is 24.3 Å². The van der Waals surface area contributed by atoms with Gasteiger partial charge in [-0.15, -0.1) is 0 Å². The van der Waals surface area contributed by atoms with Crippen LogP contribution in [0.15, 0.2) is 71.6 Å². The van der Waals surface area contributed by atoms with Crippen LogP contribution in [0.3, 0.4) is 0 Å². The monoisotopic (exact) mass is 665 g/mol. The number of ether oxygens (including phenoxy) is 1. The normalized spacial score (nSPS) is 16.5. The van der Waals surface area contributed by atoms with Crippen molar-refractivity contribution in [3.05, 3.63) is 100 Å². The minimum atomic E-state index is -3.69. The van der Waals surface area contributed by atoms with Crippen LogP contribution in [0.2, 0.25) is 0 Å². The van der Waals surface area contributed by atoms with E-state index in [0.717, 1.165) is 54.5 Å².